The molecule has 1 aliphatic rings. The van der Waals surface area contributed by atoms with E-state index in [0.717, 1.165) is 12.8 Å². The Labute approximate surface area is 87.9 Å². The van der Waals surface area contributed by atoms with Crippen molar-refractivity contribution in [3.8, 4) is 0 Å². The molecule has 0 amide bonds. The highest BCUT2D eigenvalue weighted by atomic mass is 19.4. The molecule has 1 rings (SSSR count). The summed E-state index contributed by atoms with van der Waals surface area (Å²) in [4.78, 5) is 0. The quantitative estimate of drug-likeness (QED) is 0.770. The summed E-state index contributed by atoms with van der Waals surface area (Å²) < 4.78 is 35.6. The highest BCUT2D eigenvalue weighted by molar-refractivity contribution is 4.87. The lowest BCUT2D eigenvalue weighted by Gasteiger charge is -2.35. The van der Waals surface area contributed by atoms with Crippen molar-refractivity contribution in [2.24, 2.45) is 5.92 Å². The van der Waals surface area contributed by atoms with Crippen LogP contribution in [0.1, 0.15) is 32.6 Å². The van der Waals surface area contributed by atoms with Crippen LogP contribution in [0.4, 0.5) is 13.2 Å². The largest absolute Gasteiger partial charge is 0.401 e. The number of hydrogen-bond donors (Lipinski definition) is 2. The minimum Gasteiger partial charge on any atom is -0.389 e. The fraction of sp³-hybridized carbons (Fsp3) is 1.00. The summed E-state index contributed by atoms with van der Waals surface area (Å²) in [7, 11) is 0. The Morgan fingerprint density at radius 2 is 2.13 bits per heavy atom. The molecule has 1 fully saturated rings. The summed E-state index contributed by atoms with van der Waals surface area (Å²) in [5.74, 6) is 0.399. The maximum atomic E-state index is 11.9. The second kappa shape index (κ2) is 4.70. The summed E-state index contributed by atoms with van der Waals surface area (Å²) in [6.45, 7) is 1.04. The topological polar surface area (TPSA) is 32.3 Å². The Balaban J connectivity index is 2.30. The van der Waals surface area contributed by atoms with Crippen molar-refractivity contribution >= 4 is 0 Å². The Bertz CT molecular complexity index is 207. The van der Waals surface area contributed by atoms with Gasteiger partial charge >= 0.3 is 6.18 Å². The van der Waals surface area contributed by atoms with E-state index in [9.17, 15) is 18.3 Å². The van der Waals surface area contributed by atoms with Crippen LogP contribution in [0.15, 0.2) is 0 Å². The molecule has 5 heteroatoms. The van der Waals surface area contributed by atoms with Crippen LogP contribution >= 0.6 is 0 Å². The van der Waals surface area contributed by atoms with Gasteiger partial charge < -0.3 is 10.4 Å². The van der Waals surface area contributed by atoms with Crippen molar-refractivity contribution in [3.63, 3.8) is 0 Å². The van der Waals surface area contributed by atoms with E-state index in [1.165, 1.54) is 0 Å². The van der Waals surface area contributed by atoms with Crippen molar-refractivity contribution in [2.45, 2.75) is 44.4 Å². The lowest BCUT2D eigenvalue weighted by Crippen LogP contribution is -2.46. The van der Waals surface area contributed by atoms with Gasteiger partial charge in [0.1, 0.15) is 0 Å². The first-order valence-corrected chi connectivity index (χ1v) is 5.31. The van der Waals surface area contributed by atoms with Gasteiger partial charge in [-0.15, -0.1) is 0 Å². The van der Waals surface area contributed by atoms with Crippen molar-refractivity contribution in [1.82, 2.24) is 5.32 Å². The molecule has 90 valence electrons. The summed E-state index contributed by atoms with van der Waals surface area (Å²) in [5, 5.41) is 12.3. The smallest absolute Gasteiger partial charge is 0.389 e. The number of halogens is 3. The van der Waals surface area contributed by atoms with Gasteiger partial charge in [-0.25, -0.2) is 0 Å². The molecule has 0 spiro atoms. The molecule has 1 aliphatic carbocycles. The zero-order valence-corrected chi connectivity index (χ0v) is 8.90. The molecule has 2 nitrogen and oxygen atoms in total. The highest BCUT2D eigenvalue weighted by Gasteiger charge is 2.34. The van der Waals surface area contributed by atoms with Crippen molar-refractivity contribution in [3.05, 3.63) is 0 Å². The monoisotopic (exact) mass is 225 g/mol. The van der Waals surface area contributed by atoms with E-state index < -0.39 is 18.3 Å². The molecule has 0 radical (unpaired) electrons. The van der Waals surface area contributed by atoms with Gasteiger partial charge in [0.05, 0.1) is 12.1 Å². The maximum Gasteiger partial charge on any atom is 0.401 e. The molecular weight excluding hydrogens is 207 g/mol. The van der Waals surface area contributed by atoms with E-state index in [1.807, 2.05) is 6.92 Å². The molecule has 0 bridgehead atoms. The van der Waals surface area contributed by atoms with Crippen molar-refractivity contribution < 1.29 is 18.3 Å². The zero-order chi connectivity index (χ0) is 11.5. The molecule has 2 unspecified atom stereocenters. The molecule has 1 saturated carbocycles. The Morgan fingerprint density at radius 3 is 2.67 bits per heavy atom. The minimum absolute atomic E-state index is 0.0385. The first kappa shape index (κ1) is 12.8. The average Bonchev–Trinajstić information content (AvgIpc) is 1.99. The highest BCUT2D eigenvalue weighted by Crippen LogP contribution is 2.31. The van der Waals surface area contributed by atoms with Crippen LogP contribution in [0.25, 0.3) is 0 Å². The molecule has 15 heavy (non-hydrogen) atoms. The van der Waals surface area contributed by atoms with Crippen LogP contribution in [0.5, 0.6) is 0 Å². The second-order valence-corrected chi connectivity index (χ2v) is 4.64. The molecule has 0 aromatic carbocycles. The summed E-state index contributed by atoms with van der Waals surface area (Å²) in [6.07, 6.45) is -1.05. The Morgan fingerprint density at radius 1 is 1.47 bits per heavy atom. The Hall–Kier alpha value is -0.290. The number of aliphatic hydroxyl groups is 1. The van der Waals surface area contributed by atoms with Crippen LogP contribution < -0.4 is 5.32 Å². The van der Waals surface area contributed by atoms with Crippen LogP contribution in [-0.2, 0) is 0 Å². The van der Waals surface area contributed by atoms with Crippen molar-refractivity contribution in [2.75, 3.05) is 13.1 Å². The average molecular weight is 225 g/mol. The molecule has 0 aromatic rings. The van der Waals surface area contributed by atoms with Crippen LogP contribution in [0.2, 0.25) is 0 Å². The number of alkyl halides is 3. The minimum atomic E-state index is -4.20. The van der Waals surface area contributed by atoms with Gasteiger partial charge in [0.25, 0.3) is 0 Å². The standard InChI is InChI=1S/C10H18F3NO/c1-8-3-2-4-9(15,5-8)6-14-7-10(11,12)13/h8,14-15H,2-7H2,1H3. The zero-order valence-electron chi connectivity index (χ0n) is 8.90. The normalized spacial score (nSPS) is 33.0. The van der Waals surface area contributed by atoms with E-state index in [1.54, 1.807) is 0 Å². The second-order valence-electron chi connectivity index (χ2n) is 4.64. The van der Waals surface area contributed by atoms with E-state index in [4.69, 9.17) is 0 Å². The molecule has 2 atom stereocenters. The Kier molecular flexibility index (Phi) is 4.00. The van der Waals surface area contributed by atoms with Gasteiger partial charge in [-0.3, -0.25) is 0 Å². The summed E-state index contributed by atoms with van der Waals surface area (Å²) >= 11 is 0. The van der Waals surface area contributed by atoms with Gasteiger partial charge in [-0.05, 0) is 18.8 Å². The fourth-order valence-corrected chi connectivity index (χ4v) is 2.23. The first-order valence-electron chi connectivity index (χ1n) is 5.31. The van der Waals surface area contributed by atoms with E-state index in [0.29, 0.717) is 18.8 Å². The molecule has 0 heterocycles. The van der Waals surface area contributed by atoms with E-state index >= 15 is 0 Å². The third-order valence-electron chi connectivity index (χ3n) is 2.85. The SMILES string of the molecule is CC1CCCC(O)(CNCC(F)(F)F)C1. The lowest BCUT2D eigenvalue weighted by atomic mass is 9.79. The predicted molar refractivity (Wildman–Crippen MR) is 51.5 cm³/mol. The maximum absolute atomic E-state index is 11.9. The van der Waals surface area contributed by atoms with E-state index in [2.05, 4.69) is 5.32 Å². The van der Waals surface area contributed by atoms with Crippen LogP contribution in [0, 0.1) is 5.92 Å². The first-order chi connectivity index (χ1) is 6.81. The van der Waals surface area contributed by atoms with Crippen LogP contribution in [-0.4, -0.2) is 30.0 Å². The molecule has 0 saturated heterocycles. The van der Waals surface area contributed by atoms with E-state index in [-0.39, 0.29) is 6.54 Å². The van der Waals surface area contributed by atoms with Gasteiger partial charge in [-0.1, -0.05) is 19.8 Å². The summed E-state index contributed by atoms with van der Waals surface area (Å²) in [6, 6.07) is 0. The van der Waals surface area contributed by atoms with Crippen molar-refractivity contribution in [1.29, 1.82) is 0 Å². The predicted octanol–water partition coefficient (Wildman–Crippen LogP) is 2.08. The third-order valence-corrected chi connectivity index (χ3v) is 2.85. The number of rotatable bonds is 3. The lowest BCUT2D eigenvalue weighted by molar-refractivity contribution is -0.127. The van der Waals surface area contributed by atoms with Crippen LogP contribution in [0.3, 0.4) is 0 Å². The molecular formula is C10H18F3NO. The molecule has 2 N–H and O–H groups in total. The van der Waals surface area contributed by atoms with Gasteiger partial charge in [0.2, 0.25) is 0 Å². The summed E-state index contributed by atoms with van der Waals surface area (Å²) in [5.41, 5.74) is -0.942. The third kappa shape index (κ3) is 4.84. The number of hydrogen-bond acceptors (Lipinski definition) is 2. The molecule has 0 aromatic heterocycles. The fourth-order valence-electron chi connectivity index (χ4n) is 2.23. The number of nitrogens with one attached hydrogen (secondary N) is 1. The van der Waals surface area contributed by atoms with Gasteiger partial charge in [0, 0.05) is 6.54 Å². The van der Waals surface area contributed by atoms with Gasteiger partial charge in [0.15, 0.2) is 0 Å². The molecule has 0 aliphatic heterocycles. The van der Waals surface area contributed by atoms with Gasteiger partial charge in [-0.2, -0.15) is 13.2 Å².